The predicted molar refractivity (Wildman–Crippen MR) is 253 cm³/mol. The first-order valence-electron chi connectivity index (χ1n) is 21.8. The van der Waals surface area contributed by atoms with Crippen molar-refractivity contribution in [1.29, 1.82) is 0 Å². The normalized spacial score (nSPS) is 15.8. The van der Waals surface area contributed by atoms with Gasteiger partial charge in [0, 0.05) is 41.5 Å². The lowest BCUT2D eigenvalue weighted by Crippen LogP contribution is -2.48. The number of amides is 3. The molecular weight excluding hydrogens is 1120 g/mol. The minimum Gasteiger partial charge on any atom is -0.346 e. The zero-order valence-electron chi connectivity index (χ0n) is 40.5. The van der Waals surface area contributed by atoms with Gasteiger partial charge in [0.1, 0.15) is 40.9 Å². The molecule has 3 amide bonds. The Morgan fingerprint density at radius 1 is 0.961 bits per heavy atom. The van der Waals surface area contributed by atoms with Crippen molar-refractivity contribution in [2.45, 2.75) is 95.2 Å². The summed E-state index contributed by atoms with van der Waals surface area (Å²) in [6.07, 6.45) is -10.7. The number of rotatable bonds is 15. The van der Waals surface area contributed by atoms with Crippen LogP contribution in [-0.2, 0) is 71.8 Å². The van der Waals surface area contributed by atoms with Gasteiger partial charge in [-0.05, 0) is 82.4 Å². The summed E-state index contributed by atoms with van der Waals surface area (Å²) in [5.74, 6) is -5.43. The molecule has 32 heteroatoms. The SMILES string of the molecule is C[C@@H]1Cc2c(C(F)(F)F)nn(CC(=O)N[C@@H](Cc3cc(F)cc(F)c3)c3nc(C#CC(C)(C)S(C)(=O)=O)ccc3-c3ccc(Cl)c4c(N(C(=O)NCC(C)(C)OP(=O)(O)O)S(C)(=O)=O)nn(CC(F)(F)F)c34)c2C1(F)F. The fraction of sp³-hybridized carbons (Fsp3) is 0.432. The van der Waals surface area contributed by atoms with Gasteiger partial charge in [-0.1, -0.05) is 30.5 Å². The average Bonchev–Trinajstić information content (AvgIpc) is 3.85. The smallest absolute Gasteiger partial charge is 0.346 e. The zero-order chi connectivity index (χ0) is 57.3. The lowest BCUT2D eigenvalue weighted by molar-refractivity contribution is -0.143. The number of halogens is 11. The lowest BCUT2D eigenvalue weighted by atomic mass is 9.93. The number of aromatic nitrogens is 5. The highest BCUT2D eigenvalue weighted by Gasteiger charge is 2.54. The van der Waals surface area contributed by atoms with Crippen molar-refractivity contribution in [3.8, 4) is 23.0 Å². The number of hydrogen-bond donors (Lipinski definition) is 4. The Morgan fingerprint density at radius 3 is 2.12 bits per heavy atom. The Balaban J connectivity index is 1.64. The maximum Gasteiger partial charge on any atom is 0.470 e. The van der Waals surface area contributed by atoms with E-state index in [-0.39, 0.29) is 30.5 Å². The standard InChI is InChI=1S/C44H44ClF10N8O10PS2/c1-22-14-29-36(44(53,54)55)59-61(37(29)43(22,51)52)19-32(64)58-31(17-23-15-24(46)18-25(47)16-23)34-27(9-8-26(57-34)12-13-41(4,5)75(6,69)70)28-10-11-30(45)33-35(28)62(21-42(48,49)50)60-38(33)63(76(7,71)72)39(65)56-20-40(2,3)73-74(66,67)68/h8-11,15-16,18,22,31H,14,17,19-21H2,1-7H3,(H,56,65)(H,58,64)(H2,66,67,68)/t22-,31+/m1/s1. The van der Waals surface area contributed by atoms with Crippen LogP contribution in [-0.4, -0.2) is 98.7 Å². The van der Waals surface area contributed by atoms with Crippen LogP contribution in [0.15, 0.2) is 42.5 Å². The molecule has 6 rings (SSSR count). The Kier molecular flexibility index (Phi) is 16.0. The molecule has 3 heterocycles. The topological polar surface area (TPSA) is 245 Å². The molecule has 0 aliphatic heterocycles. The number of sulfonamides is 1. The van der Waals surface area contributed by atoms with Crippen LogP contribution in [0, 0.1) is 29.4 Å². The van der Waals surface area contributed by atoms with E-state index in [4.69, 9.17) is 11.6 Å². The summed E-state index contributed by atoms with van der Waals surface area (Å²) in [7, 11) is -14.2. The molecule has 76 heavy (non-hydrogen) atoms. The number of hydrogen-bond acceptors (Lipinski definition) is 11. The maximum atomic E-state index is 15.6. The van der Waals surface area contributed by atoms with Gasteiger partial charge in [0.15, 0.2) is 21.3 Å². The van der Waals surface area contributed by atoms with E-state index in [1.54, 1.807) is 0 Å². The van der Waals surface area contributed by atoms with Crippen molar-refractivity contribution in [2.75, 3.05) is 23.4 Å². The first-order chi connectivity index (χ1) is 34.5. The lowest BCUT2D eigenvalue weighted by Gasteiger charge is -2.27. The first kappa shape index (κ1) is 59.4. The summed E-state index contributed by atoms with van der Waals surface area (Å²) < 4.78 is 214. The Morgan fingerprint density at radius 2 is 1.57 bits per heavy atom. The molecule has 0 saturated carbocycles. The number of urea groups is 1. The fourth-order valence-electron chi connectivity index (χ4n) is 8.00. The Labute approximate surface area is 431 Å². The molecule has 0 bridgehead atoms. The molecule has 0 saturated heterocycles. The minimum absolute atomic E-state index is 0.116. The van der Waals surface area contributed by atoms with E-state index < -0.39 is 174 Å². The van der Waals surface area contributed by atoms with Crippen molar-refractivity contribution in [3.63, 3.8) is 0 Å². The summed E-state index contributed by atoms with van der Waals surface area (Å²) in [4.78, 5) is 51.2. The van der Waals surface area contributed by atoms with Crippen molar-refractivity contribution < 1.29 is 89.2 Å². The van der Waals surface area contributed by atoms with Crippen molar-refractivity contribution >= 4 is 67.9 Å². The molecule has 18 nitrogen and oxygen atoms in total. The monoisotopic (exact) mass is 1160 g/mol. The number of carbonyl (C=O) groups is 2. The highest BCUT2D eigenvalue weighted by Crippen LogP contribution is 2.50. The van der Waals surface area contributed by atoms with E-state index in [0.717, 1.165) is 63.4 Å². The van der Waals surface area contributed by atoms with Crippen LogP contribution in [0.4, 0.5) is 54.5 Å². The van der Waals surface area contributed by atoms with Gasteiger partial charge in [-0.15, -0.1) is 0 Å². The largest absolute Gasteiger partial charge is 0.470 e. The van der Waals surface area contributed by atoms with E-state index in [1.807, 2.05) is 0 Å². The number of nitrogens with zero attached hydrogens (tertiary/aromatic N) is 6. The van der Waals surface area contributed by atoms with Gasteiger partial charge < -0.3 is 20.4 Å². The maximum absolute atomic E-state index is 15.6. The summed E-state index contributed by atoms with van der Waals surface area (Å²) in [6, 6.07) is 2.72. The van der Waals surface area contributed by atoms with Crippen LogP contribution in [0.2, 0.25) is 5.02 Å². The first-order valence-corrected chi connectivity index (χ1v) is 27.5. The number of nitrogens with one attached hydrogen (secondary N) is 2. The average molecular weight is 1170 g/mol. The number of phosphoric ester groups is 1. The van der Waals surface area contributed by atoms with Crippen LogP contribution in [0.1, 0.15) is 74.6 Å². The number of fused-ring (bicyclic) bond motifs is 2. The van der Waals surface area contributed by atoms with E-state index in [9.17, 15) is 75.9 Å². The number of anilines is 1. The van der Waals surface area contributed by atoms with Gasteiger partial charge in [-0.25, -0.2) is 40.0 Å². The molecule has 3 aromatic heterocycles. The second kappa shape index (κ2) is 20.5. The van der Waals surface area contributed by atoms with Gasteiger partial charge in [-0.2, -0.15) is 49.6 Å². The minimum atomic E-state index is -5.27. The molecule has 0 unspecified atom stereocenters. The number of phosphoric acid groups is 1. The summed E-state index contributed by atoms with van der Waals surface area (Å²) >= 11 is 6.62. The number of sulfone groups is 1. The molecule has 5 aromatic rings. The van der Waals surface area contributed by atoms with Crippen molar-refractivity contribution in [2.24, 2.45) is 5.92 Å². The molecule has 1 aliphatic carbocycles. The molecule has 2 aromatic carbocycles. The predicted octanol–water partition coefficient (Wildman–Crippen LogP) is 7.73. The third-order valence-corrected chi connectivity index (χ3v) is 15.6. The Hall–Kier alpha value is -5.83. The Bertz CT molecular complexity index is 3480. The molecule has 0 fully saturated rings. The molecule has 0 spiro atoms. The summed E-state index contributed by atoms with van der Waals surface area (Å²) in [6.45, 7) is 1.28. The van der Waals surface area contributed by atoms with Crippen LogP contribution in [0.5, 0.6) is 0 Å². The van der Waals surface area contributed by atoms with Gasteiger partial charge in [-0.3, -0.25) is 18.7 Å². The highest BCUT2D eigenvalue weighted by atomic mass is 35.5. The number of pyridine rings is 1. The van der Waals surface area contributed by atoms with Gasteiger partial charge in [0.2, 0.25) is 15.9 Å². The van der Waals surface area contributed by atoms with E-state index in [2.05, 4.69) is 42.2 Å². The molecule has 0 radical (unpaired) electrons. The molecule has 414 valence electrons. The van der Waals surface area contributed by atoms with Gasteiger partial charge >= 0.3 is 26.2 Å². The zero-order valence-corrected chi connectivity index (χ0v) is 43.8. The summed E-state index contributed by atoms with van der Waals surface area (Å²) in [5, 5.41) is 10.4. The van der Waals surface area contributed by atoms with E-state index >= 15 is 8.78 Å². The molecule has 1 aliphatic rings. The second-order valence-corrected chi connectivity index (χ2v) is 24.7. The van der Waals surface area contributed by atoms with Gasteiger partial charge in [0.05, 0.1) is 39.5 Å². The molecule has 4 N–H and O–H groups in total. The number of carbonyl (C=O) groups excluding carboxylic acids is 2. The highest BCUT2D eigenvalue weighted by molar-refractivity contribution is 7.93. The molecule has 2 atom stereocenters. The van der Waals surface area contributed by atoms with E-state index in [0.29, 0.717) is 12.3 Å². The van der Waals surface area contributed by atoms with Crippen molar-refractivity contribution in [1.82, 2.24) is 35.2 Å². The number of alkyl halides is 8. The number of benzene rings is 2. The van der Waals surface area contributed by atoms with Crippen molar-refractivity contribution in [3.05, 3.63) is 93.0 Å². The van der Waals surface area contributed by atoms with E-state index in [1.165, 1.54) is 13.8 Å². The van der Waals surface area contributed by atoms with Crippen LogP contribution >= 0.6 is 19.4 Å². The van der Waals surface area contributed by atoms with Crippen LogP contribution < -0.4 is 14.9 Å². The molecular formula is C44H44ClF10N8O10PS2. The summed E-state index contributed by atoms with van der Waals surface area (Å²) in [5.41, 5.74) is -8.46. The second-order valence-electron chi connectivity index (χ2n) is 18.8. The third kappa shape index (κ3) is 13.3. The third-order valence-electron chi connectivity index (χ3n) is 11.6. The quantitative estimate of drug-likeness (QED) is 0.0446. The fourth-order valence-corrected chi connectivity index (χ4v) is 9.99. The van der Waals surface area contributed by atoms with Crippen LogP contribution in [0.3, 0.4) is 0 Å². The van der Waals surface area contributed by atoms with Gasteiger partial charge in [0.25, 0.3) is 5.92 Å². The van der Waals surface area contributed by atoms with Crippen LogP contribution in [0.25, 0.3) is 22.0 Å².